The van der Waals surface area contributed by atoms with Crippen molar-refractivity contribution >= 4 is 15.9 Å². The second kappa shape index (κ2) is 9.21. The molecule has 3 aliphatic heterocycles. The first kappa shape index (κ1) is 22.0. The van der Waals surface area contributed by atoms with E-state index in [0.29, 0.717) is 26.2 Å². The summed E-state index contributed by atoms with van der Waals surface area (Å²) in [7, 11) is -2.97. The third-order valence-electron chi connectivity index (χ3n) is 7.74. The highest BCUT2D eigenvalue weighted by Gasteiger charge is 2.31. The van der Waals surface area contributed by atoms with Crippen LogP contribution in [-0.2, 0) is 22.7 Å². The van der Waals surface area contributed by atoms with E-state index in [1.54, 1.807) is 4.90 Å². The Kier molecular flexibility index (Phi) is 6.34. The lowest BCUT2D eigenvalue weighted by Crippen LogP contribution is -2.52. The van der Waals surface area contributed by atoms with Gasteiger partial charge in [-0.05, 0) is 48.9 Å². The zero-order valence-electron chi connectivity index (χ0n) is 18.9. The van der Waals surface area contributed by atoms with Gasteiger partial charge in [0.25, 0.3) is 0 Å². The van der Waals surface area contributed by atoms with Gasteiger partial charge in [0.05, 0.1) is 11.5 Å². The van der Waals surface area contributed by atoms with Crippen LogP contribution in [0.4, 0.5) is 4.79 Å². The number of fused-ring (bicyclic) bond motifs is 1. The minimum Gasteiger partial charge on any atom is -0.490 e. The molecule has 4 aliphatic rings. The summed E-state index contributed by atoms with van der Waals surface area (Å²) in [4.78, 5) is 18.9. The quantitative estimate of drug-likeness (QED) is 0.691. The van der Waals surface area contributed by atoms with Crippen LogP contribution in [0.15, 0.2) is 18.2 Å². The number of piperidine rings is 1. The van der Waals surface area contributed by atoms with Gasteiger partial charge in [-0.1, -0.05) is 12.5 Å². The molecule has 0 radical (unpaired) electrons. The molecular formula is C24H35N3O4S. The van der Waals surface area contributed by atoms with Crippen molar-refractivity contribution in [2.45, 2.75) is 57.1 Å². The fraction of sp³-hybridized carbons (Fsp3) is 0.708. The number of ether oxygens (including phenoxy) is 1. The lowest BCUT2D eigenvalue weighted by atomic mass is 9.91. The fourth-order valence-corrected chi connectivity index (χ4v) is 6.57. The van der Waals surface area contributed by atoms with E-state index >= 15 is 0 Å². The van der Waals surface area contributed by atoms with Crippen LogP contribution in [0, 0.1) is 0 Å². The lowest BCUT2D eigenvalue weighted by molar-refractivity contribution is 0.0960. The zero-order chi connectivity index (χ0) is 22.1. The third-order valence-corrected chi connectivity index (χ3v) is 9.34. The Bertz CT molecular complexity index is 925. The van der Waals surface area contributed by atoms with Crippen LogP contribution in [0.3, 0.4) is 0 Å². The highest BCUT2D eigenvalue weighted by molar-refractivity contribution is 7.91. The normalized spacial score (nSPS) is 25.0. The van der Waals surface area contributed by atoms with Crippen LogP contribution in [-0.4, -0.2) is 92.1 Å². The average molecular weight is 462 g/mol. The average Bonchev–Trinajstić information content (AvgIpc) is 2.95. The Morgan fingerprint density at radius 2 is 1.50 bits per heavy atom. The van der Waals surface area contributed by atoms with Gasteiger partial charge in [0.15, 0.2) is 9.84 Å². The second-order valence-electron chi connectivity index (χ2n) is 9.78. The standard InChI is InChI=1S/C24H35N3O4S/c28-24(27-14-16-32(29,30)17-15-27)26-12-8-22(9-13-26)31-23-5-4-19-6-10-25(21-2-1-3-21)11-7-20(19)18-23/h4-5,18,21-22H,1-3,6-17H2. The third kappa shape index (κ3) is 4.91. The van der Waals surface area contributed by atoms with Crippen LogP contribution in [0.25, 0.3) is 0 Å². The molecule has 1 aromatic rings. The van der Waals surface area contributed by atoms with E-state index in [-0.39, 0.29) is 23.6 Å². The predicted molar refractivity (Wildman–Crippen MR) is 124 cm³/mol. The van der Waals surface area contributed by atoms with Crippen LogP contribution < -0.4 is 4.74 Å². The van der Waals surface area contributed by atoms with Gasteiger partial charge in [0.2, 0.25) is 0 Å². The number of sulfone groups is 1. The summed E-state index contributed by atoms with van der Waals surface area (Å²) in [6.07, 6.45) is 8.08. The number of carbonyl (C=O) groups excluding carboxylic acids is 1. The predicted octanol–water partition coefficient (Wildman–Crippen LogP) is 2.33. The Labute approximate surface area is 191 Å². The molecule has 1 aliphatic carbocycles. The number of likely N-dealkylation sites (tertiary alicyclic amines) is 1. The SMILES string of the molecule is O=C(N1CCC(Oc2ccc3c(c2)CCN(C2CCC2)CC3)CC1)N1CCS(=O)(=O)CC1. The maximum Gasteiger partial charge on any atom is 0.320 e. The van der Waals surface area contributed by atoms with E-state index in [1.165, 1.54) is 36.9 Å². The van der Waals surface area contributed by atoms with E-state index in [2.05, 4.69) is 23.1 Å². The van der Waals surface area contributed by atoms with Gasteiger partial charge in [0, 0.05) is 58.2 Å². The molecule has 7 nitrogen and oxygen atoms in total. The first-order valence-corrected chi connectivity index (χ1v) is 14.1. The topological polar surface area (TPSA) is 70.2 Å². The van der Waals surface area contributed by atoms with Gasteiger partial charge < -0.3 is 14.5 Å². The lowest BCUT2D eigenvalue weighted by Gasteiger charge is -2.37. The van der Waals surface area contributed by atoms with Crippen molar-refractivity contribution in [2.75, 3.05) is 50.8 Å². The van der Waals surface area contributed by atoms with Crippen molar-refractivity contribution in [2.24, 2.45) is 0 Å². The molecule has 2 saturated heterocycles. The van der Waals surface area contributed by atoms with E-state index in [4.69, 9.17) is 4.74 Å². The van der Waals surface area contributed by atoms with Crippen LogP contribution in [0.2, 0.25) is 0 Å². The second-order valence-corrected chi connectivity index (χ2v) is 12.1. The van der Waals surface area contributed by atoms with E-state index < -0.39 is 9.84 Å². The minimum atomic E-state index is -2.97. The molecule has 0 aromatic heterocycles. The fourth-order valence-electron chi connectivity index (χ4n) is 5.37. The molecule has 3 fully saturated rings. The molecule has 176 valence electrons. The number of amides is 2. The molecule has 0 N–H and O–H groups in total. The van der Waals surface area contributed by atoms with Gasteiger partial charge in [-0.25, -0.2) is 13.2 Å². The van der Waals surface area contributed by atoms with Crippen molar-refractivity contribution < 1.29 is 17.9 Å². The number of hydrogen-bond acceptors (Lipinski definition) is 5. The summed E-state index contributed by atoms with van der Waals surface area (Å²) >= 11 is 0. The Balaban J connectivity index is 1.12. The molecule has 8 heteroatoms. The van der Waals surface area contributed by atoms with Gasteiger partial charge in [0.1, 0.15) is 11.9 Å². The van der Waals surface area contributed by atoms with Crippen molar-refractivity contribution in [1.29, 1.82) is 0 Å². The smallest absolute Gasteiger partial charge is 0.320 e. The number of carbonyl (C=O) groups is 1. The first-order valence-electron chi connectivity index (χ1n) is 12.2. The molecular weight excluding hydrogens is 426 g/mol. The van der Waals surface area contributed by atoms with Crippen LogP contribution >= 0.6 is 0 Å². The summed E-state index contributed by atoms with van der Waals surface area (Å²) in [5.74, 6) is 1.11. The van der Waals surface area contributed by atoms with E-state index in [1.807, 2.05) is 4.90 Å². The van der Waals surface area contributed by atoms with Gasteiger partial charge in [-0.15, -0.1) is 0 Å². The number of rotatable bonds is 3. The molecule has 0 atom stereocenters. The minimum absolute atomic E-state index is 0.0283. The Morgan fingerprint density at radius 3 is 2.16 bits per heavy atom. The molecule has 1 aromatic carbocycles. The van der Waals surface area contributed by atoms with Crippen molar-refractivity contribution in [3.05, 3.63) is 29.3 Å². The summed E-state index contributed by atoms with van der Waals surface area (Å²) in [6, 6.07) is 7.38. The Morgan fingerprint density at radius 1 is 0.844 bits per heavy atom. The molecule has 1 saturated carbocycles. The maximum absolute atomic E-state index is 12.7. The summed E-state index contributed by atoms with van der Waals surface area (Å²) < 4.78 is 29.5. The highest BCUT2D eigenvalue weighted by Crippen LogP contribution is 2.29. The van der Waals surface area contributed by atoms with Crippen LogP contribution in [0.5, 0.6) is 5.75 Å². The maximum atomic E-state index is 12.7. The zero-order valence-corrected chi connectivity index (χ0v) is 19.7. The number of hydrogen-bond donors (Lipinski definition) is 0. The van der Waals surface area contributed by atoms with Crippen molar-refractivity contribution in [1.82, 2.24) is 14.7 Å². The van der Waals surface area contributed by atoms with Gasteiger partial charge >= 0.3 is 6.03 Å². The Hall–Kier alpha value is -1.80. The molecule has 3 heterocycles. The number of urea groups is 1. The monoisotopic (exact) mass is 461 g/mol. The largest absolute Gasteiger partial charge is 0.490 e. The molecule has 5 rings (SSSR count). The summed E-state index contributed by atoms with van der Waals surface area (Å²) in [6.45, 7) is 4.27. The molecule has 2 amide bonds. The van der Waals surface area contributed by atoms with E-state index in [9.17, 15) is 13.2 Å². The molecule has 0 spiro atoms. The summed E-state index contributed by atoms with van der Waals surface area (Å²) in [5.41, 5.74) is 2.89. The van der Waals surface area contributed by atoms with E-state index in [0.717, 1.165) is 44.0 Å². The molecule has 0 bridgehead atoms. The van der Waals surface area contributed by atoms with Crippen molar-refractivity contribution in [3.63, 3.8) is 0 Å². The van der Waals surface area contributed by atoms with Gasteiger partial charge in [-0.2, -0.15) is 0 Å². The molecule has 32 heavy (non-hydrogen) atoms. The van der Waals surface area contributed by atoms with Crippen molar-refractivity contribution in [3.8, 4) is 5.75 Å². The summed E-state index contributed by atoms with van der Waals surface area (Å²) in [5, 5.41) is 0. The number of benzene rings is 1. The van der Waals surface area contributed by atoms with Gasteiger partial charge in [-0.3, -0.25) is 4.90 Å². The first-order chi connectivity index (χ1) is 15.5. The molecule has 0 unspecified atom stereocenters. The highest BCUT2D eigenvalue weighted by atomic mass is 32.2. The van der Waals surface area contributed by atoms with Crippen LogP contribution in [0.1, 0.15) is 43.2 Å². The number of nitrogens with zero attached hydrogens (tertiary/aromatic N) is 3.